The van der Waals surface area contributed by atoms with Gasteiger partial charge in [0.15, 0.2) is 0 Å². The standard InChI is InChI=1S/C24H25F6N2OPSe/c1-6-20(15(2)3)33-34(35)31(4)21(16-9-7-11-18(13-16)23(25,26)27)22(32(34)5)17-10-8-12-19(14-17)24(28,29)30/h1,7-15,20-22H,2-5H3/t20?,21-,22-/m1/s1. The number of halogens is 6. The van der Waals surface area contributed by atoms with Crippen molar-refractivity contribution >= 4 is 21.1 Å². The zero-order valence-corrected chi connectivity index (χ0v) is 22.0. The second kappa shape index (κ2) is 10.0. The van der Waals surface area contributed by atoms with Gasteiger partial charge in [-0.1, -0.05) is 0 Å². The summed E-state index contributed by atoms with van der Waals surface area (Å²) in [4.78, 5) is 0. The van der Waals surface area contributed by atoms with E-state index in [9.17, 15) is 26.3 Å². The fourth-order valence-electron chi connectivity index (χ4n) is 4.18. The van der Waals surface area contributed by atoms with Gasteiger partial charge in [0.05, 0.1) is 0 Å². The molecular weight excluding hydrogens is 556 g/mol. The molecular formula is C24H25F6N2OPSe. The molecule has 1 saturated heterocycles. The van der Waals surface area contributed by atoms with Crippen LogP contribution in [-0.4, -0.2) is 44.6 Å². The number of alkyl halides is 6. The van der Waals surface area contributed by atoms with Crippen molar-refractivity contribution in [3.8, 4) is 12.3 Å². The molecule has 1 fully saturated rings. The summed E-state index contributed by atoms with van der Waals surface area (Å²) < 4.78 is 90.9. The van der Waals surface area contributed by atoms with Crippen LogP contribution in [0.2, 0.25) is 0 Å². The molecule has 11 heteroatoms. The summed E-state index contributed by atoms with van der Waals surface area (Å²) in [7, 11) is 3.38. The number of rotatable bonds is 5. The van der Waals surface area contributed by atoms with Crippen molar-refractivity contribution < 1.29 is 30.9 Å². The summed E-state index contributed by atoms with van der Waals surface area (Å²) in [6.07, 6.45) is -4.09. The van der Waals surface area contributed by atoms with E-state index in [1.165, 1.54) is 12.1 Å². The van der Waals surface area contributed by atoms with Crippen LogP contribution in [0.4, 0.5) is 26.3 Å². The molecule has 0 amide bonds. The van der Waals surface area contributed by atoms with Crippen LogP contribution in [-0.2, 0) is 16.9 Å². The first-order valence-electron chi connectivity index (χ1n) is 10.7. The molecule has 0 spiro atoms. The third-order valence-electron chi connectivity index (χ3n) is 6.03. The minimum absolute atomic E-state index is 0.0633. The van der Waals surface area contributed by atoms with Gasteiger partial charge in [-0.05, 0) is 0 Å². The average molecular weight is 581 g/mol. The van der Waals surface area contributed by atoms with Crippen LogP contribution in [0, 0.1) is 18.3 Å². The molecule has 3 atom stereocenters. The van der Waals surface area contributed by atoms with Gasteiger partial charge in [0.2, 0.25) is 0 Å². The van der Waals surface area contributed by atoms with Crippen LogP contribution in [0.15, 0.2) is 48.5 Å². The molecule has 190 valence electrons. The van der Waals surface area contributed by atoms with Gasteiger partial charge in [0.1, 0.15) is 0 Å². The fraction of sp³-hybridized carbons (Fsp3) is 0.417. The first-order chi connectivity index (χ1) is 16.1. The third-order valence-corrected chi connectivity index (χ3v) is 12.4. The molecule has 35 heavy (non-hydrogen) atoms. The maximum absolute atomic E-state index is 13.5. The van der Waals surface area contributed by atoms with Crippen molar-refractivity contribution in [3.05, 3.63) is 70.8 Å². The first-order valence-corrected chi connectivity index (χ1v) is 14.5. The van der Waals surface area contributed by atoms with Crippen molar-refractivity contribution in [2.24, 2.45) is 5.92 Å². The SMILES string of the molecule is C#CC(OP1(=[Se])N(C)[C@H](c2cccc(C(F)(F)F)c2)[C@@H](c2cccc(C(F)(F)F)c2)N1C)C(C)C. The molecule has 2 aromatic carbocycles. The molecule has 0 N–H and O–H groups in total. The second-order valence-corrected chi connectivity index (χ2v) is 14.2. The molecule has 0 aliphatic carbocycles. The van der Waals surface area contributed by atoms with Crippen molar-refractivity contribution in [2.45, 2.75) is 44.4 Å². The molecule has 0 radical (unpaired) electrons. The number of hydrogen-bond donors (Lipinski definition) is 0. The molecule has 0 aromatic heterocycles. The van der Waals surface area contributed by atoms with E-state index in [4.69, 9.17) is 10.9 Å². The Morgan fingerprint density at radius 2 is 1.29 bits per heavy atom. The van der Waals surface area contributed by atoms with Crippen LogP contribution in [0.3, 0.4) is 0 Å². The number of terminal acetylenes is 1. The third kappa shape index (κ3) is 5.56. The van der Waals surface area contributed by atoms with Gasteiger partial charge in [-0.2, -0.15) is 0 Å². The molecule has 3 rings (SSSR count). The summed E-state index contributed by atoms with van der Waals surface area (Å²) >= 11 is 3.06. The van der Waals surface area contributed by atoms with Crippen LogP contribution in [0.1, 0.15) is 48.2 Å². The Hall–Kier alpha value is -1.59. The van der Waals surface area contributed by atoms with E-state index in [0.29, 0.717) is 11.1 Å². The van der Waals surface area contributed by atoms with E-state index in [-0.39, 0.29) is 5.92 Å². The summed E-state index contributed by atoms with van der Waals surface area (Å²) in [5, 5.41) is 0. The molecule has 3 nitrogen and oxygen atoms in total. The molecule has 1 unspecified atom stereocenters. The first kappa shape index (κ1) is 28.0. The Morgan fingerprint density at radius 1 is 0.886 bits per heavy atom. The van der Waals surface area contributed by atoms with Gasteiger partial charge in [-0.15, -0.1) is 0 Å². The second-order valence-electron chi connectivity index (χ2n) is 8.71. The topological polar surface area (TPSA) is 15.7 Å². The van der Waals surface area contributed by atoms with Crippen molar-refractivity contribution in [3.63, 3.8) is 0 Å². The predicted molar refractivity (Wildman–Crippen MR) is 125 cm³/mol. The van der Waals surface area contributed by atoms with E-state index < -0.39 is 47.7 Å². The normalized spacial score (nSPS) is 22.3. The zero-order valence-electron chi connectivity index (χ0n) is 19.4. The fourth-order valence-corrected chi connectivity index (χ4v) is 8.53. The summed E-state index contributed by atoms with van der Waals surface area (Å²) in [6, 6.07) is 5.34. The maximum atomic E-state index is 13.5. The Balaban J connectivity index is 2.20. The van der Waals surface area contributed by atoms with Gasteiger partial charge in [-0.3, -0.25) is 0 Å². The van der Waals surface area contributed by atoms with Crippen LogP contribution >= 0.6 is 6.04 Å². The summed E-state index contributed by atoms with van der Waals surface area (Å²) in [5.41, 5.74) is -1.07. The number of hydrogen-bond acceptors (Lipinski definition) is 3. The summed E-state index contributed by atoms with van der Waals surface area (Å²) in [5.74, 6) is 2.53. The Bertz CT molecular complexity index is 1090. The van der Waals surface area contributed by atoms with E-state index in [1.807, 2.05) is 13.8 Å². The van der Waals surface area contributed by atoms with E-state index >= 15 is 0 Å². The van der Waals surface area contributed by atoms with Gasteiger partial charge >= 0.3 is 209 Å². The van der Waals surface area contributed by atoms with Crippen molar-refractivity contribution in [2.75, 3.05) is 14.1 Å². The van der Waals surface area contributed by atoms with Crippen LogP contribution in [0.5, 0.6) is 0 Å². The van der Waals surface area contributed by atoms with Gasteiger partial charge < -0.3 is 0 Å². The van der Waals surface area contributed by atoms with Gasteiger partial charge in [0.25, 0.3) is 0 Å². The minimum atomic E-state index is -4.57. The monoisotopic (exact) mass is 582 g/mol. The average Bonchev–Trinajstić information content (AvgIpc) is 2.97. The summed E-state index contributed by atoms with van der Waals surface area (Å²) in [6.45, 7) is 3.75. The predicted octanol–water partition coefficient (Wildman–Crippen LogP) is 6.90. The number of benzene rings is 2. The molecule has 1 heterocycles. The van der Waals surface area contributed by atoms with Crippen molar-refractivity contribution in [1.29, 1.82) is 0 Å². The molecule has 1 aliphatic heterocycles. The number of likely N-dealkylation sites (N-methyl/N-ethyl adjacent to an activating group) is 2. The quantitative estimate of drug-likeness (QED) is 0.165. The van der Waals surface area contributed by atoms with Crippen LogP contribution < -0.4 is 0 Å². The molecule has 0 bridgehead atoms. The molecule has 1 aliphatic rings. The van der Waals surface area contributed by atoms with Gasteiger partial charge in [0, 0.05) is 0 Å². The van der Waals surface area contributed by atoms with E-state index in [2.05, 4.69) is 21.0 Å². The van der Waals surface area contributed by atoms with E-state index in [0.717, 1.165) is 24.3 Å². The van der Waals surface area contributed by atoms with E-state index in [1.54, 1.807) is 35.6 Å². The van der Waals surface area contributed by atoms with Crippen LogP contribution in [0.25, 0.3) is 0 Å². The Labute approximate surface area is 208 Å². The zero-order chi connectivity index (χ0) is 26.3. The molecule has 0 saturated carbocycles. The van der Waals surface area contributed by atoms with Crippen molar-refractivity contribution in [1.82, 2.24) is 9.34 Å². The van der Waals surface area contributed by atoms with Gasteiger partial charge in [-0.25, -0.2) is 0 Å². The Morgan fingerprint density at radius 3 is 1.60 bits per heavy atom. The number of nitrogens with zero attached hydrogens (tertiary/aromatic N) is 2. The Kier molecular flexibility index (Phi) is 8.04. The molecule has 2 aromatic rings.